The van der Waals surface area contributed by atoms with Crippen LogP contribution in [0, 0.1) is 20.8 Å². The van der Waals surface area contributed by atoms with E-state index in [-0.39, 0.29) is 12.0 Å². The zero-order chi connectivity index (χ0) is 25.6. The second-order valence-corrected chi connectivity index (χ2v) is 10.7. The molecule has 7 nitrogen and oxygen atoms in total. The van der Waals surface area contributed by atoms with Crippen LogP contribution < -0.4 is 15.2 Å². The zero-order valence-corrected chi connectivity index (χ0v) is 21.8. The van der Waals surface area contributed by atoms with E-state index in [9.17, 15) is 9.90 Å². The number of carbonyl (C=O) groups is 1. The fourth-order valence-corrected chi connectivity index (χ4v) is 5.45. The highest BCUT2D eigenvalue weighted by molar-refractivity contribution is 7.12. The molecule has 1 atom stereocenters. The molecular weight excluding hydrogens is 474 g/mol. The molecule has 2 aromatic carbocycles. The van der Waals surface area contributed by atoms with Gasteiger partial charge in [0, 0.05) is 12.0 Å². The second-order valence-electron chi connectivity index (χ2n) is 9.78. The van der Waals surface area contributed by atoms with Crippen molar-refractivity contribution < 1.29 is 19.4 Å². The molecule has 0 spiro atoms. The van der Waals surface area contributed by atoms with Crippen LogP contribution in [0.2, 0.25) is 0 Å². The van der Waals surface area contributed by atoms with Gasteiger partial charge in [-0.05, 0) is 86.5 Å². The summed E-state index contributed by atoms with van der Waals surface area (Å²) in [4.78, 5) is 20.6. The van der Waals surface area contributed by atoms with E-state index in [0.29, 0.717) is 37.5 Å². The summed E-state index contributed by atoms with van der Waals surface area (Å²) in [5.41, 5.74) is 9.42. The van der Waals surface area contributed by atoms with Crippen molar-refractivity contribution in [1.29, 1.82) is 0 Å². The van der Waals surface area contributed by atoms with Crippen LogP contribution >= 0.6 is 11.3 Å². The molecule has 1 aromatic heterocycles. The van der Waals surface area contributed by atoms with Crippen LogP contribution in [-0.2, 0) is 11.2 Å². The number of aromatic hydroxyl groups is 1. The van der Waals surface area contributed by atoms with E-state index in [0.717, 1.165) is 44.3 Å². The lowest BCUT2D eigenvalue weighted by Gasteiger charge is -2.45. The van der Waals surface area contributed by atoms with Crippen molar-refractivity contribution in [2.75, 3.05) is 13.1 Å². The molecule has 2 aliphatic heterocycles. The van der Waals surface area contributed by atoms with Gasteiger partial charge in [0.2, 0.25) is 0 Å². The molecule has 1 fully saturated rings. The van der Waals surface area contributed by atoms with Crippen LogP contribution in [0.3, 0.4) is 0 Å². The van der Waals surface area contributed by atoms with Crippen LogP contribution in [0.1, 0.15) is 40.5 Å². The maximum atomic E-state index is 13.4. The van der Waals surface area contributed by atoms with Gasteiger partial charge in [0.1, 0.15) is 29.2 Å². The van der Waals surface area contributed by atoms with Crippen molar-refractivity contribution in [3.05, 3.63) is 68.9 Å². The topological polar surface area (TPSA) is 97.4 Å². The molecule has 1 saturated heterocycles. The fraction of sp³-hybridized carbons (Fsp3) is 0.357. The number of phenols is 1. The Morgan fingerprint density at radius 2 is 1.89 bits per heavy atom. The number of thiophene rings is 1. The Morgan fingerprint density at radius 1 is 1.17 bits per heavy atom. The fourth-order valence-electron chi connectivity index (χ4n) is 4.82. The van der Waals surface area contributed by atoms with E-state index in [1.807, 2.05) is 69.5 Å². The first-order chi connectivity index (χ1) is 17.2. The van der Waals surface area contributed by atoms with Crippen molar-refractivity contribution >= 4 is 28.8 Å². The maximum absolute atomic E-state index is 13.4. The van der Waals surface area contributed by atoms with Gasteiger partial charge in [0.05, 0.1) is 23.7 Å². The monoisotopic (exact) mass is 505 g/mol. The number of rotatable bonds is 5. The number of nitrogens with two attached hydrogens (primary N) is 1. The maximum Gasteiger partial charge on any atom is 0.266 e. The number of nitrogens with zero attached hydrogens (tertiary/aromatic N) is 2. The molecule has 1 unspecified atom stereocenters. The Kier molecular flexibility index (Phi) is 6.16. The van der Waals surface area contributed by atoms with Gasteiger partial charge < -0.3 is 25.2 Å². The highest BCUT2D eigenvalue weighted by Crippen LogP contribution is 2.44. The SMILES string of the molecule is Cc1c(C)c2c(c(C)c1O)CCC(C)(C(=O)N1CC(Oc3ccc(N=C(N)c4cccs4)cc3)C1)O2. The van der Waals surface area contributed by atoms with Gasteiger partial charge in [-0.25, -0.2) is 4.99 Å². The van der Waals surface area contributed by atoms with Crippen molar-refractivity contribution in [1.82, 2.24) is 4.90 Å². The van der Waals surface area contributed by atoms with E-state index in [1.165, 1.54) is 0 Å². The Balaban J connectivity index is 1.19. The molecule has 3 heterocycles. The number of phenolic OH excluding ortho intramolecular Hbond substituents is 1. The van der Waals surface area contributed by atoms with Crippen LogP contribution in [0.25, 0.3) is 0 Å². The number of benzene rings is 2. The lowest BCUT2D eigenvalue weighted by atomic mass is 9.86. The minimum atomic E-state index is -0.930. The highest BCUT2D eigenvalue weighted by Gasteiger charge is 2.46. The zero-order valence-electron chi connectivity index (χ0n) is 21.0. The van der Waals surface area contributed by atoms with E-state index in [2.05, 4.69) is 4.99 Å². The molecular formula is C28H31N3O4S. The first-order valence-corrected chi connectivity index (χ1v) is 13.0. The third-order valence-corrected chi connectivity index (χ3v) is 8.16. The number of hydrogen-bond donors (Lipinski definition) is 2. The summed E-state index contributed by atoms with van der Waals surface area (Å²) in [7, 11) is 0. The molecule has 2 aliphatic rings. The van der Waals surface area contributed by atoms with E-state index in [4.69, 9.17) is 15.2 Å². The molecule has 8 heteroatoms. The lowest BCUT2D eigenvalue weighted by molar-refractivity contribution is -0.157. The van der Waals surface area contributed by atoms with Gasteiger partial charge in [0.15, 0.2) is 5.60 Å². The first kappa shape index (κ1) is 24.2. The molecule has 5 rings (SSSR count). The van der Waals surface area contributed by atoms with E-state index < -0.39 is 5.60 Å². The number of fused-ring (bicyclic) bond motifs is 1. The summed E-state index contributed by atoms with van der Waals surface area (Å²) in [5, 5.41) is 12.4. The summed E-state index contributed by atoms with van der Waals surface area (Å²) in [6, 6.07) is 11.4. The predicted octanol–water partition coefficient (Wildman–Crippen LogP) is 4.79. The van der Waals surface area contributed by atoms with Crippen molar-refractivity contribution in [3.8, 4) is 17.2 Å². The van der Waals surface area contributed by atoms with Gasteiger partial charge in [-0.3, -0.25) is 4.79 Å². The number of amides is 1. The Labute approximate surface area is 215 Å². The molecule has 0 radical (unpaired) electrons. The summed E-state index contributed by atoms with van der Waals surface area (Å²) in [5.74, 6) is 2.25. The largest absolute Gasteiger partial charge is 0.507 e. The van der Waals surface area contributed by atoms with E-state index in [1.54, 1.807) is 16.2 Å². The third kappa shape index (κ3) is 4.30. The van der Waals surface area contributed by atoms with Crippen LogP contribution in [0.4, 0.5) is 5.69 Å². The van der Waals surface area contributed by atoms with Crippen LogP contribution in [0.5, 0.6) is 17.2 Å². The molecule has 3 N–H and O–H groups in total. The van der Waals surface area contributed by atoms with Crippen molar-refractivity contribution in [2.24, 2.45) is 10.7 Å². The predicted molar refractivity (Wildman–Crippen MR) is 142 cm³/mol. The normalized spacial score (nSPS) is 19.9. The molecule has 1 amide bonds. The van der Waals surface area contributed by atoms with Gasteiger partial charge in [0.25, 0.3) is 5.91 Å². The number of aliphatic imine (C=N–C) groups is 1. The number of likely N-dealkylation sites (tertiary alicyclic amines) is 1. The molecule has 0 saturated carbocycles. The lowest BCUT2D eigenvalue weighted by Crippen LogP contribution is -2.63. The standard InChI is InChI=1S/C28H31N3O4S/c1-16-17(2)25-22(18(3)24(16)32)11-12-28(4,35-25)27(33)31-14-21(15-31)34-20-9-7-19(8-10-20)30-26(29)23-6-5-13-36-23/h5-10,13,21,32H,11-12,14-15H2,1-4H3,(H2,29,30). The average molecular weight is 506 g/mol. The Morgan fingerprint density at radius 3 is 2.56 bits per heavy atom. The molecule has 36 heavy (non-hydrogen) atoms. The Hall–Kier alpha value is -3.52. The second kappa shape index (κ2) is 9.17. The molecule has 188 valence electrons. The summed E-state index contributed by atoms with van der Waals surface area (Å²) in [6.45, 7) is 8.62. The van der Waals surface area contributed by atoms with Crippen LogP contribution in [-0.4, -0.2) is 46.5 Å². The number of carbonyl (C=O) groups excluding carboxylic acids is 1. The minimum Gasteiger partial charge on any atom is -0.507 e. The van der Waals surface area contributed by atoms with Gasteiger partial charge in [-0.2, -0.15) is 0 Å². The highest BCUT2D eigenvalue weighted by atomic mass is 32.1. The molecule has 0 aliphatic carbocycles. The average Bonchev–Trinajstić information content (AvgIpc) is 3.39. The van der Waals surface area contributed by atoms with Crippen molar-refractivity contribution in [3.63, 3.8) is 0 Å². The number of amidine groups is 1. The first-order valence-electron chi connectivity index (χ1n) is 12.1. The smallest absolute Gasteiger partial charge is 0.266 e. The molecule has 0 bridgehead atoms. The quantitative estimate of drug-likeness (QED) is 0.384. The number of hydrogen-bond acceptors (Lipinski definition) is 6. The Bertz CT molecular complexity index is 1330. The van der Waals surface area contributed by atoms with Gasteiger partial charge >= 0.3 is 0 Å². The molecule has 3 aromatic rings. The van der Waals surface area contributed by atoms with Crippen molar-refractivity contribution in [2.45, 2.75) is 52.2 Å². The summed E-state index contributed by atoms with van der Waals surface area (Å²) in [6.07, 6.45) is 1.19. The van der Waals surface area contributed by atoms with Gasteiger partial charge in [-0.1, -0.05) is 6.07 Å². The minimum absolute atomic E-state index is 0.0236. The van der Waals surface area contributed by atoms with Gasteiger partial charge in [-0.15, -0.1) is 11.3 Å². The number of ether oxygens (including phenoxy) is 2. The summed E-state index contributed by atoms with van der Waals surface area (Å²) < 4.78 is 12.4. The third-order valence-electron chi connectivity index (χ3n) is 7.27. The van der Waals surface area contributed by atoms with E-state index >= 15 is 0 Å². The van der Waals surface area contributed by atoms with Crippen LogP contribution in [0.15, 0.2) is 46.8 Å². The summed E-state index contributed by atoms with van der Waals surface area (Å²) >= 11 is 1.55.